The van der Waals surface area contributed by atoms with Crippen LogP contribution in [0.1, 0.15) is 5.56 Å². The van der Waals surface area contributed by atoms with Gasteiger partial charge in [0, 0.05) is 18.4 Å². The number of anilines is 1. The summed E-state index contributed by atoms with van der Waals surface area (Å²) in [5.41, 5.74) is 1.38. The van der Waals surface area contributed by atoms with E-state index in [2.05, 4.69) is 5.32 Å². The van der Waals surface area contributed by atoms with Crippen LogP contribution in [0.15, 0.2) is 24.3 Å². The van der Waals surface area contributed by atoms with E-state index >= 15 is 0 Å². The molecule has 0 aliphatic carbocycles. The average Bonchev–Trinajstić information content (AvgIpc) is 2.22. The summed E-state index contributed by atoms with van der Waals surface area (Å²) in [6.45, 7) is 0.482. The lowest BCUT2D eigenvalue weighted by atomic mass is 10.1. The minimum Gasteiger partial charge on any atom is -0.508 e. The van der Waals surface area contributed by atoms with Crippen LogP contribution in [0.2, 0.25) is 0 Å². The molecule has 0 aliphatic heterocycles. The third kappa shape index (κ3) is 3.44. The average molecular weight is 207 g/mol. The second-order valence-electron chi connectivity index (χ2n) is 2.89. The zero-order chi connectivity index (χ0) is 11.1. The first-order valence-electron chi connectivity index (χ1n) is 4.46. The summed E-state index contributed by atoms with van der Waals surface area (Å²) >= 11 is 0. The number of hydrogen-bond donors (Lipinski definition) is 2. The van der Waals surface area contributed by atoms with Crippen LogP contribution >= 0.6 is 0 Å². The monoisotopic (exact) mass is 207 g/mol. The number of carbonyl (C=O) groups is 1. The van der Waals surface area contributed by atoms with Crippen molar-refractivity contribution in [2.75, 3.05) is 19.0 Å². The first kappa shape index (κ1) is 11.3. The summed E-state index contributed by atoms with van der Waals surface area (Å²) in [4.78, 5) is 10.3. The number of ether oxygens (including phenoxy) is 1. The first-order chi connectivity index (χ1) is 7.27. The normalized spacial score (nSPS) is 10.5. The highest BCUT2D eigenvalue weighted by molar-refractivity contribution is 5.79. The third-order valence-electron chi connectivity index (χ3n) is 1.81. The van der Waals surface area contributed by atoms with Gasteiger partial charge in [-0.25, -0.2) is 0 Å². The van der Waals surface area contributed by atoms with Gasteiger partial charge in [-0.2, -0.15) is 0 Å². The smallest absolute Gasteiger partial charge is 0.211 e. The maximum Gasteiger partial charge on any atom is 0.211 e. The number of benzene rings is 1. The lowest BCUT2D eigenvalue weighted by Crippen LogP contribution is -1.95. The van der Waals surface area contributed by atoms with Gasteiger partial charge < -0.3 is 15.2 Å². The lowest BCUT2D eigenvalue weighted by molar-refractivity contribution is -0.105. The fourth-order valence-electron chi connectivity index (χ4n) is 1.15. The van der Waals surface area contributed by atoms with Crippen molar-refractivity contribution >= 4 is 18.2 Å². The summed E-state index contributed by atoms with van der Waals surface area (Å²) in [6, 6.07) is 4.72. The van der Waals surface area contributed by atoms with Crippen LogP contribution in [0.25, 0.3) is 6.08 Å². The molecule has 0 saturated carbocycles. The Morgan fingerprint density at radius 3 is 3.00 bits per heavy atom. The predicted octanol–water partition coefficient (Wildman–Crippen LogP) is 1.62. The molecule has 0 saturated heterocycles. The number of nitrogens with one attached hydrogen (secondary N) is 1. The molecule has 0 heterocycles. The highest BCUT2D eigenvalue weighted by atomic mass is 16.5. The van der Waals surface area contributed by atoms with E-state index in [4.69, 9.17) is 4.74 Å². The Labute approximate surface area is 88.2 Å². The Hall–Kier alpha value is -1.81. The second kappa shape index (κ2) is 5.82. The van der Waals surface area contributed by atoms with Crippen molar-refractivity contribution in [1.29, 1.82) is 0 Å². The van der Waals surface area contributed by atoms with E-state index in [-0.39, 0.29) is 5.75 Å². The van der Waals surface area contributed by atoms with Crippen molar-refractivity contribution in [3.63, 3.8) is 0 Å². The summed E-state index contributed by atoms with van der Waals surface area (Å²) in [5, 5.41) is 11.8. The molecule has 1 aromatic rings. The number of hydrogen-bond acceptors (Lipinski definition) is 3. The second-order valence-corrected chi connectivity index (χ2v) is 2.89. The van der Waals surface area contributed by atoms with E-state index in [1.165, 1.54) is 6.07 Å². The largest absolute Gasteiger partial charge is 0.508 e. The van der Waals surface area contributed by atoms with Gasteiger partial charge in [-0.3, -0.25) is 4.79 Å². The quantitative estimate of drug-likeness (QED) is 0.569. The minimum atomic E-state index is 0.156. The number of aromatic hydroxyl groups is 1. The van der Waals surface area contributed by atoms with Gasteiger partial charge in [-0.05, 0) is 18.2 Å². The van der Waals surface area contributed by atoms with Gasteiger partial charge in [-0.15, -0.1) is 0 Å². The van der Waals surface area contributed by atoms with Crippen LogP contribution in [0, 0.1) is 0 Å². The number of carbonyl (C=O) groups excluding carboxylic acids is 1. The fraction of sp³-hybridized carbons (Fsp3) is 0.182. The first-order valence-corrected chi connectivity index (χ1v) is 4.46. The predicted molar refractivity (Wildman–Crippen MR) is 58.7 cm³/mol. The van der Waals surface area contributed by atoms with Gasteiger partial charge in [0.25, 0.3) is 0 Å². The zero-order valence-electron chi connectivity index (χ0n) is 8.43. The van der Waals surface area contributed by atoms with Gasteiger partial charge in [0.1, 0.15) is 5.75 Å². The summed E-state index contributed by atoms with van der Waals surface area (Å²) in [5.74, 6) is 0.156. The van der Waals surface area contributed by atoms with Crippen LogP contribution in [0.5, 0.6) is 5.75 Å². The fourth-order valence-corrected chi connectivity index (χ4v) is 1.15. The van der Waals surface area contributed by atoms with Crippen molar-refractivity contribution < 1.29 is 14.6 Å². The molecule has 1 aromatic carbocycles. The molecule has 0 unspecified atom stereocenters. The molecule has 1 amide bonds. The Morgan fingerprint density at radius 2 is 2.33 bits per heavy atom. The van der Waals surface area contributed by atoms with Crippen LogP contribution < -0.4 is 5.32 Å². The molecule has 0 spiro atoms. The van der Waals surface area contributed by atoms with Crippen LogP contribution in [0.3, 0.4) is 0 Å². The molecule has 0 aromatic heterocycles. The van der Waals surface area contributed by atoms with Crippen molar-refractivity contribution in [2.45, 2.75) is 0 Å². The molecule has 15 heavy (non-hydrogen) atoms. The molecule has 2 N–H and O–H groups in total. The number of amides is 1. The van der Waals surface area contributed by atoms with Gasteiger partial charge in [0.05, 0.1) is 6.61 Å². The lowest BCUT2D eigenvalue weighted by Gasteiger charge is -2.04. The Balaban J connectivity index is 2.90. The maximum absolute atomic E-state index is 10.3. The molecule has 1 rings (SSSR count). The molecule has 0 fully saturated rings. The molecule has 4 heteroatoms. The molecular weight excluding hydrogens is 194 g/mol. The van der Waals surface area contributed by atoms with Gasteiger partial charge >= 0.3 is 0 Å². The highest BCUT2D eigenvalue weighted by Crippen LogP contribution is 2.21. The van der Waals surface area contributed by atoms with E-state index in [1.54, 1.807) is 31.4 Å². The number of phenolic OH excluding ortho intramolecular Hbond substituents is 1. The van der Waals surface area contributed by atoms with Crippen LogP contribution in [-0.4, -0.2) is 25.2 Å². The molecule has 0 aliphatic rings. The molecule has 0 bridgehead atoms. The van der Waals surface area contributed by atoms with Crippen molar-refractivity contribution in [3.8, 4) is 5.75 Å². The van der Waals surface area contributed by atoms with E-state index in [9.17, 15) is 9.90 Å². The van der Waals surface area contributed by atoms with E-state index < -0.39 is 0 Å². The van der Waals surface area contributed by atoms with E-state index in [1.807, 2.05) is 0 Å². The number of methoxy groups -OCH3 is 1. The van der Waals surface area contributed by atoms with Crippen molar-refractivity contribution in [1.82, 2.24) is 0 Å². The number of phenols is 1. The third-order valence-corrected chi connectivity index (χ3v) is 1.81. The molecular formula is C11H13NO3. The molecule has 0 atom stereocenters. The van der Waals surface area contributed by atoms with Gasteiger partial charge in [-0.1, -0.05) is 12.2 Å². The molecule has 4 nitrogen and oxygen atoms in total. The topological polar surface area (TPSA) is 58.6 Å². The van der Waals surface area contributed by atoms with Gasteiger partial charge in [0.2, 0.25) is 6.41 Å². The summed E-state index contributed by atoms with van der Waals surface area (Å²) in [6.07, 6.45) is 4.17. The summed E-state index contributed by atoms with van der Waals surface area (Å²) < 4.78 is 4.85. The van der Waals surface area contributed by atoms with E-state index in [0.717, 1.165) is 5.56 Å². The standard InChI is InChI=1S/C11H13NO3/c1-15-6-2-3-9-7-10(14)4-5-11(9)12-8-13/h2-5,7-8,14H,6H2,1H3,(H,12,13)/b3-2+. The Kier molecular flexibility index (Phi) is 4.37. The maximum atomic E-state index is 10.3. The van der Waals surface area contributed by atoms with Crippen LogP contribution in [0.4, 0.5) is 5.69 Å². The molecule has 0 radical (unpaired) electrons. The summed E-state index contributed by atoms with van der Waals surface area (Å²) in [7, 11) is 1.59. The zero-order valence-corrected chi connectivity index (χ0v) is 8.43. The van der Waals surface area contributed by atoms with Gasteiger partial charge in [0.15, 0.2) is 0 Å². The molecule has 80 valence electrons. The minimum absolute atomic E-state index is 0.156. The Bertz CT molecular complexity index is 361. The van der Waals surface area contributed by atoms with E-state index in [0.29, 0.717) is 18.7 Å². The highest BCUT2D eigenvalue weighted by Gasteiger charge is 1.99. The Morgan fingerprint density at radius 1 is 1.53 bits per heavy atom. The van der Waals surface area contributed by atoms with Crippen molar-refractivity contribution in [3.05, 3.63) is 29.8 Å². The SMILES string of the molecule is COC/C=C/c1cc(O)ccc1NC=O. The number of rotatable bonds is 5. The van der Waals surface area contributed by atoms with Crippen molar-refractivity contribution in [2.24, 2.45) is 0 Å². The van der Waals surface area contributed by atoms with Crippen LogP contribution in [-0.2, 0) is 9.53 Å².